The van der Waals surface area contributed by atoms with Crippen molar-refractivity contribution >= 4 is 5.97 Å². The molecule has 124 valence electrons. The van der Waals surface area contributed by atoms with Crippen LogP contribution in [0.5, 0.6) is 0 Å². The standard InChI is InChI=1S/C18H23NO4/c1-23-18(22)17-12-16(21)9-10-19(17)13-15-7-5-14(6-8-15)4-2-3-11-20/h5-8,16-17,20-21H,3,9-13H2,1H3/t16-,17+/m0/s1. The van der Waals surface area contributed by atoms with Gasteiger partial charge in [0.2, 0.25) is 0 Å². The number of hydrogen-bond acceptors (Lipinski definition) is 5. The molecule has 0 aromatic heterocycles. The molecule has 0 saturated carbocycles. The zero-order chi connectivity index (χ0) is 16.7. The van der Waals surface area contributed by atoms with Crippen LogP contribution in [0.4, 0.5) is 0 Å². The van der Waals surface area contributed by atoms with Gasteiger partial charge in [-0.1, -0.05) is 24.0 Å². The topological polar surface area (TPSA) is 70.0 Å². The summed E-state index contributed by atoms with van der Waals surface area (Å²) in [5.74, 6) is 5.58. The Balaban J connectivity index is 2.02. The highest BCUT2D eigenvalue weighted by Gasteiger charge is 2.33. The number of rotatable bonds is 4. The summed E-state index contributed by atoms with van der Waals surface area (Å²) in [5.41, 5.74) is 1.99. The second kappa shape index (κ2) is 8.68. The second-order valence-corrected chi connectivity index (χ2v) is 5.66. The van der Waals surface area contributed by atoms with Gasteiger partial charge in [-0.3, -0.25) is 9.69 Å². The predicted octanol–water partition coefficient (Wildman–Crippen LogP) is 0.919. The fraction of sp³-hybridized carbons (Fsp3) is 0.500. The van der Waals surface area contributed by atoms with Crippen molar-refractivity contribution in [3.05, 3.63) is 35.4 Å². The van der Waals surface area contributed by atoms with Crippen LogP contribution in [0.15, 0.2) is 24.3 Å². The molecule has 23 heavy (non-hydrogen) atoms. The molecule has 0 radical (unpaired) electrons. The Morgan fingerprint density at radius 1 is 1.39 bits per heavy atom. The molecule has 0 amide bonds. The van der Waals surface area contributed by atoms with Crippen LogP contribution < -0.4 is 0 Å². The molecule has 1 aliphatic heterocycles. The van der Waals surface area contributed by atoms with Crippen LogP contribution in [-0.4, -0.2) is 53.5 Å². The number of hydrogen-bond donors (Lipinski definition) is 2. The first-order valence-electron chi connectivity index (χ1n) is 7.82. The van der Waals surface area contributed by atoms with Gasteiger partial charge in [-0.25, -0.2) is 0 Å². The van der Waals surface area contributed by atoms with Gasteiger partial charge in [0.05, 0.1) is 19.8 Å². The van der Waals surface area contributed by atoms with E-state index < -0.39 is 12.1 Å². The van der Waals surface area contributed by atoms with E-state index in [2.05, 4.69) is 11.8 Å². The van der Waals surface area contributed by atoms with E-state index >= 15 is 0 Å². The first kappa shape index (κ1) is 17.5. The molecule has 2 atom stereocenters. The molecule has 1 aromatic carbocycles. The summed E-state index contributed by atoms with van der Waals surface area (Å²) in [6.45, 7) is 1.37. The lowest BCUT2D eigenvalue weighted by Crippen LogP contribution is -2.48. The molecule has 5 nitrogen and oxygen atoms in total. The Bertz CT molecular complexity index is 573. The number of piperidine rings is 1. The highest BCUT2D eigenvalue weighted by atomic mass is 16.5. The van der Waals surface area contributed by atoms with Gasteiger partial charge in [0.25, 0.3) is 0 Å². The minimum absolute atomic E-state index is 0.0702. The fourth-order valence-electron chi connectivity index (χ4n) is 2.71. The molecule has 2 rings (SSSR count). The zero-order valence-corrected chi connectivity index (χ0v) is 13.4. The monoisotopic (exact) mass is 317 g/mol. The number of esters is 1. The highest BCUT2D eigenvalue weighted by molar-refractivity contribution is 5.75. The summed E-state index contributed by atoms with van der Waals surface area (Å²) in [6.07, 6.45) is 1.10. The molecule has 1 aliphatic rings. The lowest BCUT2D eigenvalue weighted by atomic mass is 9.98. The Hall–Kier alpha value is -1.87. The molecule has 0 spiro atoms. The summed E-state index contributed by atoms with van der Waals surface area (Å²) in [4.78, 5) is 13.9. The summed E-state index contributed by atoms with van der Waals surface area (Å²) in [5, 5.41) is 18.5. The molecule has 1 saturated heterocycles. The van der Waals surface area contributed by atoms with Crippen molar-refractivity contribution in [2.45, 2.75) is 38.0 Å². The number of aliphatic hydroxyl groups excluding tert-OH is 2. The van der Waals surface area contributed by atoms with E-state index in [0.29, 0.717) is 32.4 Å². The van der Waals surface area contributed by atoms with Crippen LogP contribution in [0.1, 0.15) is 30.4 Å². The molecule has 2 N–H and O–H groups in total. The van der Waals surface area contributed by atoms with Crippen LogP contribution in [0, 0.1) is 11.8 Å². The third-order valence-corrected chi connectivity index (χ3v) is 3.97. The maximum atomic E-state index is 11.9. The van der Waals surface area contributed by atoms with E-state index in [0.717, 1.165) is 11.1 Å². The van der Waals surface area contributed by atoms with E-state index in [4.69, 9.17) is 9.84 Å². The van der Waals surface area contributed by atoms with Gasteiger partial charge in [0.1, 0.15) is 6.04 Å². The SMILES string of the molecule is COC(=O)[C@H]1C[C@@H](O)CCN1Cc1ccc(C#CCCO)cc1. The van der Waals surface area contributed by atoms with Crippen LogP contribution >= 0.6 is 0 Å². The van der Waals surface area contributed by atoms with Crippen molar-refractivity contribution in [1.29, 1.82) is 0 Å². The predicted molar refractivity (Wildman–Crippen MR) is 86.5 cm³/mol. The van der Waals surface area contributed by atoms with Crippen LogP contribution in [0.3, 0.4) is 0 Å². The van der Waals surface area contributed by atoms with Crippen molar-refractivity contribution in [2.75, 3.05) is 20.3 Å². The van der Waals surface area contributed by atoms with Gasteiger partial charge < -0.3 is 14.9 Å². The average Bonchev–Trinajstić information content (AvgIpc) is 2.57. The van der Waals surface area contributed by atoms with E-state index in [9.17, 15) is 9.90 Å². The number of ether oxygens (including phenoxy) is 1. The Kier molecular flexibility index (Phi) is 6.60. The number of nitrogens with zero attached hydrogens (tertiary/aromatic N) is 1. The molecule has 1 heterocycles. The number of likely N-dealkylation sites (tertiary alicyclic amines) is 1. The largest absolute Gasteiger partial charge is 0.468 e. The van der Waals surface area contributed by atoms with E-state index in [1.54, 1.807) is 0 Å². The molecular formula is C18H23NO4. The van der Waals surface area contributed by atoms with Crippen molar-refractivity contribution < 1.29 is 19.7 Å². The number of carbonyl (C=O) groups excluding carboxylic acids is 1. The van der Waals surface area contributed by atoms with Crippen molar-refractivity contribution in [2.24, 2.45) is 0 Å². The van der Waals surface area contributed by atoms with Crippen LogP contribution in [-0.2, 0) is 16.1 Å². The summed E-state index contributed by atoms with van der Waals surface area (Å²) in [7, 11) is 1.38. The van der Waals surface area contributed by atoms with Crippen LogP contribution in [0.25, 0.3) is 0 Å². The quantitative estimate of drug-likeness (QED) is 0.638. The second-order valence-electron chi connectivity index (χ2n) is 5.66. The molecule has 0 unspecified atom stereocenters. The normalized spacial score (nSPS) is 21.3. The van der Waals surface area contributed by atoms with E-state index in [1.165, 1.54) is 7.11 Å². The fourth-order valence-corrected chi connectivity index (χ4v) is 2.71. The van der Waals surface area contributed by atoms with Crippen molar-refractivity contribution in [3.8, 4) is 11.8 Å². The van der Waals surface area contributed by atoms with Gasteiger partial charge in [-0.15, -0.1) is 0 Å². The van der Waals surface area contributed by atoms with Gasteiger partial charge in [0, 0.05) is 25.1 Å². The maximum Gasteiger partial charge on any atom is 0.323 e. The molecule has 1 fully saturated rings. The average molecular weight is 317 g/mol. The summed E-state index contributed by atoms with van der Waals surface area (Å²) >= 11 is 0. The summed E-state index contributed by atoms with van der Waals surface area (Å²) < 4.78 is 4.85. The third-order valence-electron chi connectivity index (χ3n) is 3.97. The lowest BCUT2D eigenvalue weighted by molar-refractivity contribution is -0.150. The minimum atomic E-state index is -0.445. The molecule has 0 aliphatic carbocycles. The number of aliphatic hydroxyl groups is 2. The Labute approximate surface area is 136 Å². The minimum Gasteiger partial charge on any atom is -0.468 e. The third kappa shape index (κ3) is 5.07. The maximum absolute atomic E-state index is 11.9. The molecule has 1 aromatic rings. The van der Waals surface area contributed by atoms with Crippen LogP contribution in [0.2, 0.25) is 0 Å². The van der Waals surface area contributed by atoms with Crippen molar-refractivity contribution in [1.82, 2.24) is 4.90 Å². The first-order chi connectivity index (χ1) is 11.1. The lowest BCUT2D eigenvalue weighted by Gasteiger charge is -2.36. The number of methoxy groups -OCH3 is 1. The Morgan fingerprint density at radius 2 is 2.13 bits per heavy atom. The molecule has 5 heteroatoms. The highest BCUT2D eigenvalue weighted by Crippen LogP contribution is 2.21. The van der Waals surface area contributed by atoms with Crippen molar-refractivity contribution in [3.63, 3.8) is 0 Å². The van der Waals surface area contributed by atoms with Gasteiger partial charge in [-0.2, -0.15) is 0 Å². The zero-order valence-electron chi connectivity index (χ0n) is 13.4. The smallest absolute Gasteiger partial charge is 0.323 e. The molecule has 0 bridgehead atoms. The molecular weight excluding hydrogens is 294 g/mol. The first-order valence-corrected chi connectivity index (χ1v) is 7.82. The number of carbonyl (C=O) groups is 1. The van der Waals surface area contributed by atoms with Gasteiger partial charge in [-0.05, 0) is 30.5 Å². The van der Waals surface area contributed by atoms with Gasteiger partial charge in [0.15, 0.2) is 0 Å². The summed E-state index contributed by atoms with van der Waals surface area (Å²) in [6, 6.07) is 7.45. The Morgan fingerprint density at radius 3 is 2.78 bits per heavy atom. The van der Waals surface area contributed by atoms with E-state index in [-0.39, 0.29) is 12.6 Å². The van der Waals surface area contributed by atoms with E-state index in [1.807, 2.05) is 29.2 Å². The van der Waals surface area contributed by atoms with Gasteiger partial charge >= 0.3 is 5.97 Å². The number of benzene rings is 1.